The highest BCUT2D eigenvalue weighted by atomic mass is 32.2. The van der Waals surface area contributed by atoms with Crippen molar-refractivity contribution in [3.05, 3.63) is 11.7 Å². The summed E-state index contributed by atoms with van der Waals surface area (Å²) in [6.45, 7) is 4.94. The number of nitrogens with zero attached hydrogens (tertiary/aromatic N) is 2. The van der Waals surface area contributed by atoms with Crippen molar-refractivity contribution >= 4 is 11.8 Å². The lowest BCUT2D eigenvalue weighted by molar-refractivity contribution is 0.0307. The number of ether oxygens (including phenoxy) is 1. The van der Waals surface area contributed by atoms with Crippen LogP contribution in [-0.2, 0) is 10.5 Å². The van der Waals surface area contributed by atoms with E-state index < -0.39 is 0 Å². The molecule has 0 aliphatic carbocycles. The molecule has 2 N–H and O–H groups in total. The number of hydrogen-bond donors (Lipinski definition) is 1. The molecule has 1 aromatic rings. The molecule has 3 atom stereocenters. The topological polar surface area (TPSA) is 74.2 Å². The zero-order valence-electron chi connectivity index (χ0n) is 11.0. The van der Waals surface area contributed by atoms with Crippen molar-refractivity contribution in [2.24, 2.45) is 5.73 Å². The number of nitrogens with two attached hydrogens (primary N) is 1. The summed E-state index contributed by atoms with van der Waals surface area (Å²) in [5, 5.41) is 4.62. The molecule has 0 spiro atoms. The van der Waals surface area contributed by atoms with Crippen molar-refractivity contribution < 1.29 is 9.26 Å². The average Bonchev–Trinajstić information content (AvgIpc) is 3.03. The quantitative estimate of drug-likeness (QED) is 0.855. The maximum absolute atomic E-state index is 5.73. The van der Waals surface area contributed by atoms with E-state index in [4.69, 9.17) is 15.0 Å². The van der Waals surface area contributed by atoms with Gasteiger partial charge in [-0.2, -0.15) is 16.7 Å². The van der Waals surface area contributed by atoms with E-state index in [0.717, 1.165) is 30.8 Å². The van der Waals surface area contributed by atoms with Crippen molar-refractivity contribution in [3.8, 4) is 0 Å². The Labute approximate surface area is 112 Å². The Hall–Kier alpha value is -0.590. The Morgan fingerprint density at radius 3 is 3.00 bits per heavy atom. The van der Waals surface area contributed by atoms with E-state index in [-0.39, 0.29) is 12.2 Å². The van der Waals surface area contributed by atoms with Crippen LogP contribution in [0, 0.1) is 0 Å². The Balaban J connectivity index is 1.86. The summed E-state index contributed by atoms with van der Waals surface area (Å²) in [5.74, 6) is 2.16. The van der Waals surface area contributed by atoms with E-state index in [1.807, 2.05) is 11.8 Å². The summed E-state index contributed by atoms with van der Waals surface area (Å²) < 4.78 is 11.0. The van der Waals surface area contributed by atoms with Gasteiger partial charge in [0.05, 0.1) is 11.9 Å². The molecule has 3 unspecified atom stereocenters. The molecule has 0 amide bonds. The second-order valence-electron chi connectivity index (χ2n) is 4.64. The average molecular weight is 271 g/mol. The fourth-order valence-corrected chi connectivity index (χ4v) is 2.64. The summed E-state index contributed by atoms with van der Waals surface area (Å²) in [4.78, 5) is 4.40. The Kier molecular flexibility index (Phi) is 5.03. The van der Waals surface area contributed by atoms with Gasteiger partial charge in [0, 0.05) is 11.8 Å². The second kappa shape index (κ2) is 6.54. The van der Waals surface area contributed by atoms with Gasteiger partial charge < -0.3 is 15.0 Å². The first-order valence-electron chi connectivity index (χ1n) is 6.52. The van der Waals surface area contributed by atoms with Crippen LogP contribution < -0.4 is 5.73 Å². The highest BCUT2D eigenvalue weighted by Gasteiger charge is 2.29. The minimum absolute atomic E-state index is 0.0617. The maximum Gasteiger partial charge on any atom is 0.255 e. The van der Waals surface area contributed by atoms with Crippen molar-refractivity contribution in [2.75, 3.05) is 6.54 Å². The van der Waals surface area contributed by atoms with Crippen molar-refractivity contribution in [1.82, 2.24) is 10.1 Å². The van der Waals surface area contributed by atoms with Gasteiger partial charge in [0.15, 0.2) is 5.82 Å². The summed E-state index contributed by atoms with van der Waals surface area (Å²) in [6, 6.07) is 0. The highest BCUT2D eigenvalue weighted by molar-refractivity contribution is 7.99. The summed E-state index contributed by atoms with van der Waals surface area (Å²) in [6.07, 6.45) is 3.12. The van der Waals surface area contributed by atoms with E-state index in [2.05, 4.69) is 24.0 Å². The molecule has 5 nitrogen and oxygen atoms in total. The molecule has 6 heteroatoms. The summed E-state index contributed by atoms with van der Waals surface area (Å²) >= 11 is 1.84. The van der Waals surface area contributed by atoms with Crippen LogP contribution in [0.1, 0.15) is 50.9 Å². The van der Waals surface area contributed by atoms with Crippen LogP contribution in [0.15, 0.2) is 4.52 Å². The largest absolute Gasteiger partial charge is 0.364 e. The van der Waals surface area contributed by atoms with E-state index in [0.29, 0.717) is 17.7 Å². The number of hydrogen-bond acceptors (Lipinski definition) is 6. The molecule has 0 radical (unpaired) electrons. The number of rotatable bonds is 6. The molecule has 2 heterocycles. The van der Waals surface area contributed by atoms with Crippen LogP contribution in [0.25, 0.3) is 0 Å². The molecular weight excluding hydrogens is 250 g/mol. The van der Waals surface area contributed by atoms with Gasteiger partial charge in [0.2, 0.25) is 0 Å². The lowest BCUT2D eigenvalue weighted by atomic mass is 10.2. The van der Waals surface area contributed by atoms with Gasteiger partial charge in [-0.3, -0.25) is 0 Å². The number of aromatic nitrogens is 2. The fourth-order valence-electron chi connectivity index (χ4n) is 1.85. The molecule has 1 fully saturated rings. The lowest BCUT2D eigenvalue weighted by Crippen LogP contribution is -2.18. The van der Waals surface area contributed by atoms with E-state index in [1.165, 1.54) is 0 Å². The van der Waals surface area contributed by atoms with E-state index in [1.54, 1.807) is 0 Å². The van der Waals surface area contributed by atoms with Gasteiger partial charge in [-0.05, 0) is 19.3 Å². The predicted octanol–water partition coefficient (Wildman–Crippen LogP) is 2.28. The molecule has 0 saturated carbocycles. The Morgan fingerprint density at radius 2 is 2.33 bits per heavy atom. The molecule has 2 rings (SSSR count). The van der Waals surface area contributed by atoms with Crippen molar-refractivity contribution in [1.29, 1.82) is 0 Å². The molecule has 1 aliphatic heterocycles. The third-order valence-electron chi connectivity index (χ3n) is 3.20. The van der Waals surface area contributed by atoms with Gasteiger partial charge >= 0.3 is 0 Å². The minimum Gasteiger partial charge on any atom is -0.364 e. The van der Waals surface area contributed by atoms with Gasteiger partial charge in [-0.15, -0.1) is 0 Å². The van der Waals surface area contributed by atoms with Gasteiger partial charge in [0.25, 0.3) is 5.89 Å². The van der Waals surface area contributed by atoms with Crippen LogP contribution in [0.3, 0.4) is 0 Å². The molecule has 1 saturated heterocycles. The van der Waals surface area contributed by atoms with Crippen molar-refractivity contribution in [3.63, 3.8) is 0 Å². The molecule has 18 heavy (non-hydrogen) atoms. The van der Waals surface area contributed by atoms with Crippen molar-refractivity contribution in [2.45, 2.75) is 56.3 Å². The smallest absolute Gasteiger partial charge is 0.255 e. The zero-order valence-corrected chi connectivity index (χ0v) is 11.8. The molecule has 1 aromatic heterocycles. The van der Waals surface area contributed by atoms with E-state index in [9.17, 15) is 0 Å². The summed E-state index contributed by atoms with van der Waals surface area (Å²) in [7, 11) is 0. The normalized spacial score (nSPS) is 25.5. The molecule has 102 valence electrons. The second-order valence-corrected chi connectivity index (χ2v) is 6.07. The molecule has 0 bridgehead atoms. The standard InChI is InChI=1S/C12H21N3O2S/c1-3-8(2)18-7-11-14-12(17-15-11)10-5-4-9(6-13)16-10/h8-10H,3-7,13H2,1-2H3. The fraction of sp³-hybridized carbons (Fsp3) is 0.833. The number of thioether (sulfide) groups is 1. The first kappa shape index (κ1) is 13.8. The monoisotopic (exact) mass is 271 g/mol. The molecule has 0 aromatic carbocycles. The SMILES string of the molecule is CCC(C)SCc1noc(C2CCC(CN)O2)n1. The Morgan fingerprint density at radius 1 is 1.50 bits per heavy atom. The first-order valence-corrected chi connectivity index (χ1v) is 7.57. The third kappa shape index (κ3) is 3.46. The highest BCUT2D eigenvalue weighted by Crippen LogP contribution is 2.31. The third-order valence-corrected chi connectivity index (χ3v) is 4.53. The van der Waals surface area contributed by atoms with Gasteiger partial charge in [0.1, 0.15) is 6.10 Å². The Bertz CT molecular complexity index is 372. The zero-order chi connectivity index (χ0) is 13.0. The van der Waals surface area contributed by atoms with Gasteiger partial charge in [-0.25, -0.2) is 0 Å². The maximum atomic E-state index is 5.73. The first-order chi connectivity index (χ1) is 8.72. The molecule has 1 aliphatic rings. The van der Waals surface area contributed by atoms with Crippen LogP contribution >= 0.6 is 11.8 Å². The van der Waals surface area contributed by atoms with Crippen LogP contribution in [0.4, 0.5) is 0 Å². The van der Waals surface area contributed by atoms with Crippen LogP contribution in [-0.4, -0.2) is 28.0 Å². The summed E-state index contributed by atoms with van der Waals surface area (Å²) in [5.41, 5.74) is 5.58. The van der Waals surface area contributed by atoms with Crippen LogP contribution in [0.2, 0.25) is 0 Å². The van der Waals surface area contributed by atoms with Gasteiger partial charge in [-0.1, -0.05) is 19.0 Å². The predicted molar refractivity (Wildman–Crippen MR) is 71.2 cm³/mol. The minimum atomic E-state index is -0.0617. The van der Waals surface area contributed by atoms with E-state index >= 15 is 0 Å². The van der Waals surface area contributed by atoms with Crippen LogP contribution in [0.5, 0.6) is 0 Å². The molecular formula is C12H21N3O2S. The lowest BCUT2D eigenvalue weighted by Gasteiger charge is -2.07.